The number of carbonyl (C=O) groups excluding carboxylic acids is 2. The summed E-state index contributed by atoms with van der Waals surface area (Å²) in [5.74, 6) is 0.684. The first kappa shape index (κ1) is 15.1. The summed E-state index contributed by atoms with van der Waals surface area (Å²) in [4.78, 5) is 26.4. The van der Waals surface area contributed by atoms with Crippen molar-refractivity contribution < 1.29 is 9.59 Å². The van der Waals surface area contributed by atoms with Gasteiger partial charge in [0.2, 0.25) is 11.8 Å². The highest BCUT2D eigenvalue weighted by Crippen LogP contribution is 2.32. The molecule has 1 saturated carbocycles. The minimum Gasteiger partial charge on any atom is -0.342 e. The molecule has 0 unspecified atom stereocenters. The van der Waals surface area contributed by atoms with Gasteiger partial charge in [-0.05, 0) is 51.2 Å². The second-order valence-electron chi connectivity index (χ2n) is 6.68. The summed E-state index contributed by atoms with van der Waals surface area (Å²) in [7, 11) is 0. The number of benzene rings is 1. The van der Waals surface area contributed by atoms with Crippen molar-refractivity contribution in [3.63, 3.8) is 0 Å². The van der Waals surface area contributed by atoms with Gasteiger partial charge in [-0.25, -0.2) is 0 Å². The molecule has 1 saturated heterocycles. The average molecular weight is 300 g/mol. The van der Waals surface area contributed by atoms with Gasteiger partial charge in [-0.1, -0.05) is 17.7 Å². The maximum Gasteiger partial charge on any atom is 0.227 e. The van der Waals surface area contributed by atoms with Gasteiger partial charge in [0.15, 0.2) is 0 Å². The Balaban J connectivity index is 1.54. The molecule has 0 spiro atoms. The number of rotatable bonds is 3. The molecule has 1 aliphatic heterocycles. The molecule has 22 heavy (non-hydrogen) atoms. The fraction of sp³-hybridized carbons (Fsp3) is 0.556. The second-order valence-corrected chi connectivity index (χ2v) is 6.68. The molecule has 1 aliphatic carbocycles. The molecule has 1 aromatic rings. The molecule has 0 radical (unpaired) electrons. The van der Waals surface area contributed by atoms with E-state index in [1.807, 2.05) is 30.9 Å². The molecule has 0 bridgehead atoms. The van der Waals surface area contributed by atoms with Crippen molar-refractivity contribution >= 4 is 17.5 Å². The molecular formula is C18H24N2O2. The third-order valence-electron chi connectivity index (χ3n) is 4.74. The molecular weight excluding hydrogens is 276 g/mol. The minimum atomic E-state index is 0.0176. The van der Waals surface area contributed by atoms with E-state index in [0.717, 1.165) is 50.0 Å². The summed E-state index contributed by atoms with van der Waals surface area (Å²) in [6, 6.07) is 6.06. The van der Waals surface area contributed by atoms with Gasteiger partial charge in [0.05, 0.1) is 0 Å². The summed E-state index contributed by atoms with van der Waals surface area (Å²) < 4.78 is 0. The van der Waals surface area contributed by atoms with Gasteiger partial charge < -0.3 is 10.2 Å². The van der Waals surface area contributed by atoms with E-state index >= 15 is 0 Å². The summed E-state index contributed by atoms with van der Waals surface area (Å²) in [5.41, 5.74) is 3.18. The standard InChI is InChI=1S/C18H24N2O2/c1-12-3-6-16(13(2)11-12)19-17(21)14-7-9-20(10-8-14)18(22)15-4-5-15/h3,6,11,14-15H,4-5,7-10H2,1-2H3,(H,19,21). The van der Waals surface area contributed by atoms with Crippen LogP contribution in [0.1, 0.15) is 36.8 Å². The topological polar surface area (TPSA) is 49.4 Å². The van der Waals surface area contributed by atoms with E-state index in [0.29, 0.717) is 5.91 Å². The lowest BCUT2D eigenvalue weighted by molar-refractivity contribution is -0.135. The van der Waals surface area contributed by atoms with Crippen molar-refractivity contribution in [1.82, 2.24) is 4.90 Å². The van der Waals surface area contributed by atoms with E-state index in [9.17, 15) is 9.59 Å². The lowest BCUT2D eigenvalue weighted by atomic mass is 9.95. The zero-order chi connectivity index (χ0) is 15.7. The van der Waals surface area contributed by atoms with Crippen molar-refractivity contribution in [2.75, 3.05) is 18.4 Å². The largest absolute Gasteiger partial charge is 0.342 e. The van der Waals surface area contributed by atoms with Gasteiger partial charge in [-0.15, -0.1) is 0 Å². The maximum absolute atomic E-state index is 12.4. The molecule has 3 rings (SSSR count). The van der Waals surface area contributed by atoms with Crippen LogP contribution < -0.4 is 5.32 Å². The van der Waals surface area contributed by atoms with Gasteiger partial charge >= 0.3 is 0 Å². The number of piperidine rings is 1. The number of hydrogen-bond acceptors (Lipinski definition) is 2. The lowest BCUT2D eigenvalue weighted by Gasteiger charge is -2.31. The highest BCUT2D eigenvalue weighted by atomic mass is 16.2. The number of nitrogens with zero attached hydrogens (tertiary/aromatic N) is 1. The molecule has 2 fully saturated rings. The first-order valence-corrected chi connectivity index (χ1v) is 8.21. The fourth-order valence-corrected chi connectivity index (χ4v) is 3.14. The molecule has 1 aromatic carbocycles. The van der Waals surface area contributed by atoms with E-state index in [2.05, 4.69) is 11.4 Å². The number of amides is 2. The van der Waals surface area contributed by atoms with Crippen molar-refractivity contribution in [2.45, 2.75) is 39.5 Å². The Morgan fingerprint density at radius 1 is 1.05 bits per heavy atom. The van der Waals surface area contributed by atoms with Crippen LogP contribution in [0.25, 0.3) is 0 Å². The zero-order valence-corrected chi connectivity index (χ0v) is 13.4. The highest BCUT2D eigenvalue weighted by molar-refractivity contribution is 5.93. The van der Waals surface area contributed by atoms with Crippen LogP contribution in [0.15, 0.2) is 18.2 Å². The molecule has 4 heteroatoms. The van der Waals surface area contributed by atoms with Crippen LogP contribution >= 0.6 is 0 Å². The fourth-order valence-electron chi connectivity index (χ4n) is 3.14. The average Bonchev–Trinajstić information content (AvgIpc) is 3.34. The van der Waals surface area contributed by atoms with Crippen LogP contribution in [0, 0.1) is 25.7 Å². The van der Waals surface area contributed by atoms with E-state index in [1.54, 1.807) is 0 Å². The first-order chi connectivity index (χ1) is 10.5. The second kappa shape index (κ2) is 6.11. The van der Waals surface area contributed by atoms with Crippen LogP contribution in [0.5, 0.6) is 0 Å². The van der Waals surface area contributed by atoms with Gasteiger partial charge in [0.1, 0.15) is 0 Å². The number of hydrogen-bond donors (Lipinski definition) is 1. The Hall–Kier alpha value is -1.84. The zero-order valence-electron chi connectivity index (χ0n) is 13.4. The molecule has 0 atom stereocenters. The molecule has 118 valence electrons. The van der Waals surface area contributed by atoms with Crippen LogP contribution in [0.3, 0.4) is 0 Å². The van der Waals surface area contributed by atoms with Crippen molar-refractivity contribution in [3.05, 3.63) is 29.3 Å². The smallest absolute Gasteiger partial charge is 0.227 e. The van der Waals surface area contributed by atoms with Gasteiger partial charge in [0, 0.05) is 30.6 Å². The Morgan fingerprint density at radius 3 is 2.32 bits per heavy atom. The third-order valence-corrected chi connectivity index (χ3v) is 4.74. The highest BCUT2D eigenvalue weighted by Gasteiger charge is 2.35. The summed E-state index contributed by atoms with van der Waals surface area (Å²) in [6.45, 7) is 5.51. The SMILES string of the molecule is Cc1ccc(NC(=O)C2CCN(C(=O)C3CC3)CC2)c(C)c1. The first-order valence-electron chi connectivity index (χ1n) is 8.21. The molecule has 2 aliphatic rings. The Kier molecular flexibility index (Phi) is 4.19. The summed E-state index contributed by atoms with van der Waals surface area (Å²) in [6.07, 6.45) is 3.64. The Labute approximate surface area is 131 Å². The van der Waals surface area contributed by atoms with E-state index in [4.69, 9.17) is 0 Å². The van der Waals surface area contributed by atoms with Crippen molar-refractivity contribution in [3.8, 4) is 0 Å². The number of aryl methyl sites for hydroxylation is 2. The Morgan fingerprint density at radius 2 is 1.73 bits per heavy atom. The predicted octanol–water partition coefficient (Wildman–Crippen LogP) is 2.89. The summed E-state index contributed by atoms with van der Waals surface area (Å²) >= 11 is 0. The van der Waals surface area contributed by atoms with E-state index < -0.39 is 0 Å². The van der Waals surface area contributed by atoms with Crippen LogP contribution in [0.2, 0.25) is 0 Å². The van der Waals surface area contributed by atoms with Gasteiger partial charge in [0.25, 0.3) is 0 Å². The number of nitrogens with one attached hydrogen (secondary N) is 1. The molecule has 2 amide bonds. The predicted molar refractivity (Wildman–Crippen MR) is 86.6 cm³/mol. The van der Waals surface area contributed by atoms with E-state index in [1.165, 1.54) is 5.56 Å². The van der Waals surface area contributed by atoms with Crippen LogP contribution in [-0.4, -0.2) is 29.8 Å². The van der Waals surface area contributed by atoms with Crippen molar-refractivity contribution in [1.29, 1.82) is 0 Å². The van der Waals surface area contributed by atoms with Crippen LogP contribution in [0.4, 0.5) is 5.69 Å². The quantitative estimate of drug-likeness (QED) is 0.933. The lowest BCUT2D eigenvalue weighted by Crippen LogP contribution is -2.42. The van der Waals surface area contributed by atoms with Crippen LogP contribution in [-0.2, 0) is 9.59 Å². The van der Waals surface area contributed by atoms with Crippen molar-refractivity contribution in [2.24, 2.45) is 11.8 Å². The Bertz CT molecular complexity index is 585. The number of carbonyl (C=O) groups is 2. The van der Waals surface area contributed by atoms with Gasteiger partial charge in [-0.3, -0.25) is 9.59 Å². The number of likely N-dealkylation sites (tertiary alicyclic amines) is 1. The monoisotopic (exact) mass is 300 g/mol. The maximum atomic E-state index is 12.4. The minimum absolute atomic E-state index is 0.0176. The van der Waals surface area contributed by atoms with E-state index in [-0.39, 0.29) is 17.7 Å². The molecule has 1 heterocycles. The normalized spacial score (nSPS) is 19.1. The molecule has 1 N–H and O–H groups in total. The van der Waals surface area contributed by atoms with Gasteiger partial charge in [-0.2, -0.15) is 0 Å². The summed E-state index contributed by atoms with van der Waals surface area (Å²) in [5, 5.41) is 3.04. The molecule has 0 aromatic heterocycles. The third kappa shape index (κ3) is 3.32. The molecule has 4 nitrogen and oxygen atoms in total. The number of anilines is 1.